The van der Waals surface area contributed by atoms with Gasteiger partial charge in [-0.25, -0.2) is 28.7 Å². The molecule has 8 bridgehead atoms. The van der Waals surface area contributed by atoms with Crippen molar-refractivity contribution in [3.63, 3.8) is 0 Å². The molecule has 5 heterocycles. The summed E-state index contributed by atoms with van der Waals surface area (Å²) in [6, 6.07) is 13.5. The molecular weight excluding hydrogens is 384 g/mol. The lowest BCUT2D eigenvalue weighted by Crippen LogP contribution is -2.06. The zero-order chi connectivity index (χ0) is 20.8. The van der Waals surface area contributed by atoms with Crippen molar-refractivity contribution in [2.75, 3.05) is 0 Å². The second-order valence-corrected chi connectivity index (χ2v) is 6.77. The van der Waals surface area contributed by atoms with Crippen LogP contribution in [0.15, 0.2) is 48.5 Å². The maximum atomic E-state index is 11.9. The summed E-state index contributed by atoms with van der Waals surface area (Å²) in [5, 5.41) is 19.4. The van der Waals surface area contributed by atoms with E-state index < -0.39 is 12.2 Å². The number of carbonyl (C=O) groups is 2. The molecule has 0 aromatic carbocycles. The highest BCUT2D eigenvalue weighted by atomic mass is 16.4. The Morgan fingerprint density at radius 2 is 0.833 bits per heavy atom. The highest BCUT2D eigenvalue weighted by molar-refractivity contribution is 5.88. The largest absolute Gasteiger partial charge is 0.464 e. The quantitative estimate of drug-likeness (QED) is 0.393. The van der Waals surface area contributed by atoms with Crippen LogP contribution in [0, 0.1) is 0 Å². The molecule has 0 spiro atoms. The minimum Gasteiger partial charge on any atom is -0.464 e. The average molecular weight is 398 g/mol. The molecule has 5 rings (SSSR count). The molecule has 0 radical (unpaired) electrons. The summed E-state index contributed by atoms with van der Waals surface area (Å²) < 4.78 is 2.34. The van der Waals surface area contributed by atoms with Gasteiger partial charge < -0.3 is 10.2 Å². The minimum atomic E-state index is -1.11. The molecule has 0 atom stereocenters. The predicted octanol–water partition coefficient (Wildman–Crippen LogP) is 4.65. The average Bonchev–Trinajstić information content (AvgIpc) is 3.45. The van der Waals surface area contributed by atoms with E-state index >= 15 is 0 Å². The van der Waals surface area contributed by atoms with Crippen molar-refractivity contribution in [1.82, 2.24) is 19.1 Å². The van der Waals surface area contributed by atoms with Crippen LogP contribution in [-0.2, 0) is 0 Å². The molecule has 0 saturated heterocycles. The Balaban J connectivity index is 1.93. The van der Waals surface area contributed by atoms with Gasteiger partial charge >= 0.3 is 12.2 Å². The molecule has 0 saturated carbocycles. The molecule has 2 aliphatic rings. The van der Waals surface area contributed by atoms with Crippen molar-refractivity contribution in [2.24, 2.45) is 0 Å². The summed E-state index contributed by atoms with van der Waals surface area (Å²) in [4.78, 5) is 32.6. The van der Waals surface area contributed by atoms with Gasteiger partial charge in [0.25, 0.3) is 0 Å². The van der Waals surface area contributed by atoms with E-state index in [0.717, 1.165) is 0 Å². The summed E-state index contributed by atoms with van der Waals surface area (Å²) >= 11 is 0. The zero-order valence-electron chi connectivity index (χ0n) is 15.4. The first-order valence-corrected chi connectivity index (χ1v) is 9.04. The van der Waals surface area contributed by atoms with Crippen LogP contribution in [0.1, 0.15) is 22.8 Å². The van der Waals surface area contributed by atoms with Crippen molar-refractivity contribution in [3.8, 4) is 0 Å². The van der Waals surface area contributed by atoms with E-state index in [2.05, 4.69) is 9.97 Å². The summed E-state index contributed by atoms with van der Waals surface area (Å²) in [7, 11) is 0. The lowest BCUT2D eigenvalue weighted by molar-refractivity contribution is 0.197. The van der Waals surface area contributed by atoms with Crippen molar-refractivity contribution in [1.29, 1.82) is 0 Å². The summed E-state index contributed by atoms with van der Waals surface area (Å²) in [6.07, 6.45) is 4.77. The molecule has 146 valence electrons. The molecule has 0 unspecified atom stereocenters. The minimum absolute atomic E-state index is 0.458. The highest BCUT2D eigenvalue weighted by Gasteiger charge is 2.11. The molecule has 0 amide bonds. The molecular formula is C22H14N4O4. The predicted molar refractivity (Wildman–Crippen MR) is 113 cm³/mol. The number of hydrogen-bond acceptors (Lipinski definition) is 4. The van der Waals surface area contributed by atoms with Gasteiger partial charge in [0.1, 0.15) is 0 Å². The Kier molecular flexibility index (Phi) is 3.85. The lowest BCUT2D eigenvalue weighted by Gasteiger charge is -1.98. The van der Waals surface area contributed by atoms with Gasteiger partial charge in [-0.1, -0.05) is 0 Å². The van der Waals surface area contributed by atoms with Crippen LogP contribution in [0.2, 0.25) is 0 Å². The number of fused-ring (bicyclic) bond motifs is 8. The van der Waals surface area contributed by atoms with Gasteiger partial charge in [-0.3, -0.25) is 0 Å². The molecule has 2 N–H and O–H groups in total. The van der Waals surface area contributed by atoms with Crippen molar-refractivity contribution < 1.29 is 19.8 Å². The second-order valence-electron chi connectivity index (χ2n) is 6.77. The van der Waals surface area contributed by atoms with Gasteiger partial charge in [0, 0.05) is 0 Å². The standard InChI is InChI=1S/C22H14N4O4/c27-21(28)25-17-5-6-19(25)11-15-3-4-16(24-15)12-20-8-7-18(26(20)22(29)30)10-14-2-1-13(9-17)23-14/h1-12H,(H,27,28)(H,29,30). The molecule has 3 aromatic heterocycles. The van der Waals surface area contributed by atoms with E-state index in [1.807, 2.05) is 0 Å². The first-order valence-electron chi connectivity index (χ1n) is 9.04. The normalized spacial score (nSPS) is 12.3. The fraction of sp³-hybridized carbons (Fsp3) is 0. The molecule has 3 aromatic rings. The number of nitrogens with zero attached hydrogens (tertiary/aromatic N) is 4. The van der Waals surface area contributed by atoms with Crippen molar-refractivity contribution >= 4 is 58.6 Å². The lowest BCUT2D eigenvalue weighted by atomic mass is 10.3. The Morgan fingerprint density at radius 3 is 1.07 bits per heavy atom. The summed E-state index contributed by atoms with van der Waals surface area (Å²) in [6.45, 7) is 0. The highest BCUT2D eigenvalue weighted by Crippen LogP contribution is 2.20. The van der Waals surface area contributed by atoms with E-state index in [4.69, 9.17) is 0 Å². The third-order valence-corrected chi connectivity index (χ3v) is 4.81. The SMILES string of the molecule is O=C(O)n1c2ccc1cc1nc(cc3ccc(cc4nc(c2)C=C4)n3C(=O)O)C=C1. The van der Waals surface area contributed by atoms with Crippen LogP contribution in [0.4, 0.5) is 9.59 Å². The third-order valence-electron chi connectivity index (χ3n) is 4.81. The third kappa shape index (κ3) is 2.96. The molecule has 0 fully saturated rings. The number of carboxylic acid groups (broad SMARTS) is 2. The molecule has 8 heteroatoms. The fourth-order valence-electron chi connectivity index (χ4n) is 3.55. The smallest absolute Gasteiger partial charge is 0.416 e. The van der Waals surface area contributed by atoms with Crippen molar-refractivity contribution in [2.45, 2.75) is 0 Å². The molecule has 30 heavy (non-hydrogen) atoms. The van der Waals surface area contributed by atoms with Gasteiger partial charge in [0.2, 0.25) is 0 Å². The maximum Gasteiger partial charge on any atom is 0.416 e. The first-order chi connectivity index (χ1) is 14.5. The Morgan fingerprint density at radius 1 is 0.567 bits per heavy atom. The van der Waals surface area contributed by atoms with E-state index in [1.54, 1.807) is 72.8 Å². The zero-order valence-corrected chi connectivity index (χ0v) is 15.4. The number of rotatable bonds is 0. The first kappa shape index (κ1) is 17.6. The molecule has 0 aliphatic carbocycles. The topological polar surface area (TPSA) is 110 Å². The fourth-order valence-corrected chi connectivity index (χ4v) is 3.55. The molecule has 2 aliphatic heterocycles. The van der Waals surface area contributed by atoms with E-state index in [-0.39, 0.29) is 0 Å². The van der Waals surface area contributed by atoms with E-state index in [1.165, 1.54) is 9.13 Å². The van der Waals surface area contributed by atoms with Gasteiger partial charge in [-0.15, -0.1) is 0 Å². The Labute approximate surface area is 169 Å². The Bertz CT molecular complexity index is 1260. The van der Waals surface area contributed by atoms with Crippen LogP contribution in [0.3, 0.4) is 0 Å². The number of hydrogen-bond donors (Lipinski definition) is 2. The van der Waals surface area contributed by atoms with Crippen LogP contribution < -0.4 is 0 Å². The van der Waals surface area contributed by atoms with Crippen molar-refractivity contribution in [3.05, 3.63) is 71.3 Å². The van der Waals surface area contributed by atoms with Gasteiger partial charge in [0.15, 0.2) is 0 Å². The monoisotopic (exact) mass is 398 g/mol. The van der Waals surface area contributed by atoms with Crippen LogP contribution >= 0.6 is 0 Å². The maximum absolute atomic E-state index is 11.9. The van der Waals surface area contributed by atoms with Gasteiger partial charge in [-0.2, -0.15) is 0 Å². The van der Waals surface area contributed by atoms with Crippen LogP contribution in [0.25, 0.3) is 46.4 Å². The Hall–Kier alpha value is -4.46. The van der Waals surface area contributed by atoms with Gasteiger partial charge in [0.05, 0.1) is 44.8 Å². The van der Waals surface area contributed by atoms with Crippen LogP contribution in [-0.4, -0.2) is 41.5 Å². The van der Waals surface area contributed by atoms with Crippen LogP contribution in [0.5, 0.6) is 0 Å². The van der Waals surface area contributed by atoms with Gasteiger partial charge in [-0.05, 0) is 72.8 Å². The van der Waals surface area contributed by atoms with E-state index in [0.29, 0.717) is 44.8 Å². The number of aromatic nitrogens is 4. The second kappa shape index (κ2) is 6.56. The summed E-state index contributed by atoms with van der Waals surface area (Å²) in [5.41, 5.74) is 4.09. The summed E-state index contributed by atoms with van der Waals surface area (Å²) in [5.74, 6) is 0. The van der Waals surface area contributed by atoms with E-state index in [9.17, 15) is 19.8 Å². The molecule has 8 nitrogen and oxygen atoms in total.